The van der Waals surface area contributed by atoms with Crippen LogP contribution in [-0.4, -0.2) is 41.0 Å². The van der Waals surface area contributed by atoms with Crippen LogP contribution in [0.2, 0.25) is 5.02 Å². The first kappa shape index (κ1) is 23.4. The maximum absolute atomic E-state index is 6.87. The zero-order valence-corrected chi connectivity index (χ0v) is 20.7. The van der Waals surface area contributed by atoms with Crippen LogP contribution in [0.25, 0.3) is 27.9 Å². The minimum atomic E-state index is 0.803. The number of piperazine rings is 1. The average molecular weight is 460 g/mol. The molecule has 0 amide bonds. The smallest absolute Gasteiger partial charge is 0.0756 e. The summed E-state index contributed by atoms with van der Waals surface area (Å²) in [5, 5.41) is 1.81. The van der Waals surface area contributed by atoms with Crippen LogP contribution in [0.4, 0.5) is 0 Å². The van der Waals surface area contributed by atoms with E-state index in [4.69, 9.17) is 16.6 Å². The van der Waals surface area contributed by atoms with Crippen LogP contribution in [0.1, 0.15) is 44.2 Å². The topological polar surface area (TPSA) is 19.4 Å². The second-order valence-corrected chi connectivity index (χ2v) is 9.17. The lowest BCUT2D eigenvalue weighted by Crippen LogP contribution is -2.44. The third-order valence-electron chi connectivity index (χ3n) is 6.68. The quantitative estimate of drug-likeness (QED) is 0.349. The van der Waals surface area contributed by atoms with Gasteiger partial charge in [-0.25, -0.2) is 4.98 Å². The molecule has 0 spiro atoms. The van der Waals surface area contributed by atoms with Crippen LogP contribution >= 0.6 is 11.6 Å². The number of pyridine rings is 1. The summed E-state index contributed by atoms with van der Waals surface area (Å²) >= 11 is 6.87. The first-order valence-electron chi connectivity index (χ1n) is 12.1. The van der Waals surface area contributed by atoms with E-state index in [1.54, 1.807) is 0 Å². The number of fused-ring (bicyclic) bond motifs is 1. The zero-order valence-electron chi connectivity index (χ0n) is 19.9. The van der Waals surface area contributed by atoms with Crippen molar-refractivity contribution < 1.29 is 0 Å². The Labute approximate surface area is 203 Å². The average Bonchev–Trinajstić information content (AvgIpc) is 2.87. The first-order valence-corrected chi connectivity index (χ1v) is 12.5. The van der Waals surface area contributed by atoms with Gasteiger partial charge in [0.2, 0.25) is 0 Å². The number of allylic oxidation sites excluding steroid dienone is 1. The van der Waals surface area contributed by atoms with Crippen molar-refractivity contribution in [1.29, 1.82) is 0 Å². The maximum Gasteiger partial charge on any atom is 0.0756 e. The fourth-order valence-corrected chi connectivity index (χ4v) is 5.00. The number of unbranched alkanes of at least 4 members (excludes halogenated alkanes) is 1. The van der Waals surface area contributed by atoms with Gasteiger partial charge in [-0.3, -0.25) is 0 Å². The predicted molar refractivity (Wildman–Crippen MR) is 142 cm³/mol. The van der Waals surface area contributed by atoms with Crippen molar-refractivity contribution >= 4 is 28.2 Å². The second kappa shape index (κ2) is 10.4. The lowest BCUT2D eigenvalue weighted by molar-refractivity contribution is 0.209. The Morgan fingerprint density at radius 3 is 2.33 bits per heavy atom. The van der Waals surface area contributed by atoms with Gasteiger partial charge in [0.05, 0.1) is 16.2 Å². The molecule has 1 aliphatic rings. The van der Waals surface area contributed by atoms with Crippen LogP contribution in [0, 0.1) is 0 Å². The third kappa shape index (κ3) is 4.94. The molecule has 1 aliphatic heterocycles. The SMILES string of the molecule is C=C(CCCC)N1CCN(C(=C)c2ccc3c(Cl)c(CC)c(-c4ccccc4)nc3c2)CC1. The summed E-state index contributed by atoms with van der Waals surface area (Å²) in [7, 11) is 0. The standard InChI is InChI=1S/C29H34ClN3/c1-5-7-11-21(3)32-16-18-33(19-17-32)22(4)24-14-15-26-27(20-24)31-29(25(6-2)28(26)30)23-12-9-8-10-13-23/h8-10,12-15,20H,3-7,11,16-19H2,1-2H3. The molecule has 2 aromatic carbocycles. The van der Waals surface area contributed by atoms with Gasteiger partial charge >= 0.3 is 0 Å². The van der Waals surface area contributed by atoms with Gasteiger partial charge in [0.1, 0.15) is 0 Å². The molecule has 0 radical (unpaired) electrons. The molecule has 0 aliphatic carbocycles. The highest BCUT2D eigenvalue weighted by Crippen LogP contribution is 2.35. The largest absolute Gasteiger partial charge is 0.372 e. The molecule has 172 valence electrons. The van der Waals surface area contributed by atoms with Gasteiger partial charge in [-0.1, -0.05) is 87.5 Å². The molecular weight excluding hydrogens is 426 g/mol. The highest BCUT2D eigenvalue weighted by molar-refractivity contribution is 6.36. The van der Waals surface area contributed by atoms with Crippen molar-refractivity contribution in [1.82, 2.24) is 14.8 Å². The molecule has 4 heteroatoms. The summed E-state index contributed by atoms with van der Waals surface area (Å²) in [6, 6.07) is 16.7. The molecule has 2 heterocycles. The van der Waals surface area contributed by atoms with E-state index in [9.17, 15) is 0 Å². The summed E-state index contributed by atoms with van der Waals surface area (Å²) in [6.07, 6.45) is 4.36. The number of hydrogen-bond acceptors (Lipinski definition) is 3. The van der Waals surface area contributed by atoms with Gasteiger partial charge in [0.25, 0.3) is 0 Å². The second-order valence-electron chi connectivity index (χ2n) is 8.80. The monoisotopic (exact) mass is 459 g/mol. The van der Waals surface area contributed by atoms with Crippen LogP contribution in [-0.2, 0) is 6.42 Å². The fourth-order valence-electron chi connectivity index (χ4n) is 4.62. The van der Waals surface area contributed by atoms with E-state index < -0.39 is 0 Å². The molecule has 0 saturated carbocycles. The molecular formula is C29H34ClN3. The molecule has 33 heavy (non-hydrogen) atoms. The third-order valence-corrected chi connectivity index (χ3v) is 7.11. The molecule has 3 aromatic rings. The highest BCUT2D eigenvalue weighted by atomic mass is 35.5. The van der Waals surface area contributed by atoms with Crippen molar-refractivity contribution in [2.24, 2.45) is 0 Å². The molecule has 3 nitrogen and oxygen atoms in total. The Morgan fingerprint density at radius 1 is 0.970 bits per heavy atom. The number of rotatable bonds is 8. The fraction of sp³-hybridized carbons (Fsp3) is 0.345. The van der Waals surface area contributed by atoms with Gasteiger partial charge < -0.3 is 9.80 Å². The lowest BCUT2D eigenvalue weighted by Gasteiger charge is -2.39. The van der Waals surface area contributed by atoms with Crippen molar-refractivity contribution in [2.45, 2.75) is 39.5 Å². The van der Waals surface area contributed by atoms with Crippen molar-refractivity contribution in [3.63, 3.8) is 0 Å². The molecule has 0 atom stereocenters. The van der Waals surface area contributed by atoms with E-state index in [-0.39, 0.29) is 0 Å². The van der Waals surface area contributed by atoms with Gasteiger partial charge in [-0.15, -0.1) is 0 Å². The molecule has 0 N–H and O–H groups in total. The maximum atomic E-state index is 6.87. The van der Waals surface area contributed by atoms with E-state index in [0.717, 1.165) is 83.0 Å². The first-order chi connectivity index (χ1) is 16.0. The van der Waals surface area contributed by atoms with Gasteiger partial charge in [-0.2, -0.15) is 0 Å². The summed E-state index contributed by atoms with van der Waals surface area (Å²) in [5.74, 6) is 0. The Kier molecular flexibility index (Phi) is 7.39. The Hall–Kier alpha value is -2.78. The van der Waals surface area contributed by atoms with Crippen molar-refractivity contribution in [3.8, 4) is 11.3 Å². The van der Waals surface area contributed by atoms with Crippen LogP contribution < -0.4 is 0 Å². The van der Waals surface area contributed by atoms with E-state index >= 15 is 0 Å². The minimum Gasteiger partial charge on any atom is -0.372 e. The van der Waals surface area contributed by atoms with E-state index in [2.05, 4.69) is 67.1 Å². The molecule has 0 bridgehead atoms. The van der Waals surface area contributed by atoms with Crippen LogP contribution in [0.5, 0.6) is 0 Å². The van der Waals surface area contributed by atoms with Crippen molar-refractivity contribution in [2.75, 3.05) is 26.2 Å². The van der Waals surface area contributed by atoms with Crippen LogP contribution in [0.3, 0.4) is 0 Å². The summed E-state index contributed by atoms with van der Waals surface area (Å²) in [4.78, 5) is 9.88. The molecule has 0 unspecified atom stereocenters. The molecule has 4 rings (SSSR count). The highest BCUT2D eigenvalue weighted by Gasteiger charge is 2.20. The Balaban J connectivity index is 1.58. The number of aromatic nitrogens is 1. The zero-order chi connectivity index (χ0) is 23.4. The summed E-state index contributed by atoms with van der Waals surface area (Å²) in [6.45, 7) is 17.0. The molecule has 1 saturated heterocycles. The number of halogens is 1. The molecule has 1 fully saturated rings. The van der Waals surface area contributed by atoms with Gasteiger partial charge in [0, 0.05) is 48.5 Å². The number of hydrogen-bond donors (Lipinski definition) is 0. The Bertz CT molecular complexity index is 1140. The Morgan fingerprint density at radius 2 is 1.67 bits per heavy atom. The predicted octanol–water partition coefficient (Wildman–Crippen LogP) is 7.41. The molecule has 1 aromatic heterocycles. The van der Waals surface area contributed by atoms with E-state index in [1.807, 2.05) is 18.2 Å². The van der Waals surface area contributed by atoms with Gasteiger partial charge in [-0.05, 0) is 36.5 Å². The van der Waals surface area contributed by atoms with Gasteiger partial charge in [0.15, 0.2) is 0 Å². The summed E-state index contributed by atoms with van der Waals surface area (Å²) < 4.78 is 0. The lowest BCUT2D eigenvalue weighted by atomic mass is 10.00. The number of nitrogens with zero attached hydrogens (tertiary/aromatic N) is 3. The summed E-state index contributed by atoms with van der Waals surface area (Å²) in [5.41, 5.74) is 7.51. The minimum absolute atomic E-state index is 0.803. The van der Waals surface area contributed by atoms with E-state index in [0.29, 0.717) is 0 Å². The number of benzene rings is 2. The normalized spacial score (nSPS) is 14.0. The van der Waals surface area contributed by atoms with Crippen LogP contribution in [0.15, 0.2) is 67.4 Å². The van der Waals surface area contributed by atoms with E-state index in [1.165, 1.54) is 18.5 Å². The van der Waals surface area contributed by atoms with Crippen molar-refractivity contribution in [3.05, 3.63) is 83.5 Å².